The van der Waals surface area contributed by atoms with E-state index in [2.05, 4.69) is 0 Å². The minimum absolute atomic E-state index is 0.0316. The van der Waals surface area contributed by atoms with Crippen molar-refractivity contribution in [2.75, 3.05) is 6.26 Å². The Morgan fingerprint density at radius 2 is 1.93 bits per heavy atom. The number of alkyl halides is 3. The normalized spacial score (nSPS) is 11.1. The number of halogens is 3. The molecule has 5 heteroatoms. The zero-order valence-electron chi connectivity index (χ0n) is 7.22. The molecule has 0 amide bonds. The smallest absolute Gasteiger partial charge is 0.192 e. The number of hydrogen-bond acceptors (Lipinski definition) is 2. The van der Waals surface area contributed by atoms with Gasteiger partial charge in [-0.3, -0.25) is 0 Å². The summed E-state index contributed by atoms with van der Waals surface area (Å²) in [6.45, 7) is 0. The summed E-state index contributed by atoms with van der Waals surface area (Å²) in [5, 5.41) is 8.52. The molecule has 0 unspecified atom stereocenters. The van der Waals surface area contributed by atoms with E-state index in [1.165, 1.54) is 17.8 Å². The largest absolute Gasteiger partial charge is 0.416 e. The fourth-order valence-corrected chi connectivity index (χ4v) is 1.43. The highest BCUT2D eigenvalue weighted by Crippen LogP contribution is 2.32. The van der Waals surface area contributed by atoms with Crippen LogP contribution in [-0.2, 0) is 6.18 Å². The van der Waals surface area contributed by atoms with Gasteiger partial charge in [0, 0.05) is 4.90 Å². The molecule has 74 valence electrons. The first-order valence-electron chi connectivity index (χ1n) is 3.63. The molecule has 0 atom stereocenters. The molecular formula is C9H6F3NS. The molecule has 0 spiro atoms. The van der Waals surface area contributed by atoms with Gasteiger partial charge in [0.2, 0.25) is 0 Å². The van der Waals surface area contributed by atoms with Crippen LogP contribution in [0.2, 0.25) is 0 Å². The van der Waals surface area contributed by atoms with E-state index in [1.807, 2.05) is 0 Å². The Labute approximate surface area is 83.5 Å². The molecule has 0 fully saturated rings. The van der Waals surface area contributed by atoms with Crippen LogP contribution < -0.4 is 0 Å². The Hall–Kier alpha value is -1.15. The molecule has 0 saturated heterocycles. The molecule has 0 bridgehead atoms. The molecule has 0 aromatic heterocycles. The van der Waals surface area contributed by atoms with Crippen molar-refractivity contribution in [2.24, 2.45) is 0 Å². The third-order valence-corrected chi connectivity index (χ3v) is 2.31. The van der Waals surface area contributed by atoms with Crippen molar-refractivity contribution >= 4 is 11.8 Å². The molecule has 0 aliphatic heterocycles. The van der Waals surface area contributed by atoms with Gasteiger partial charge in [0.1, 0.15) is 0 Å². The average molecular weight is 217 g/mol. The summed E-state index contributed by atoms with van der Waals surface area (Å²) in [4.78, 5) is 0.441. The lowest BCUT2D eigenvalue weighted by molar-refractivity contribution is -0.137. The van der Waals surface area contributed by atoms with Crippen LogP contribution in [0.15, 0.2) is 23.1 Å². The lowest BCUT2D eigenvalue weighted by Gasteiger charge is -2.08. The Kier molecular flexibility index (Phi) is 3.06. The average Bonchev–Trinajstić information content (AvgIpc) is 2.15. The van der Waals surface area contributed by atoms with Crippen molar-refractivity contribution in [3.8, 4) is 6.07 Å². The van der Waals surface area contributed by atoms with E-state index in [4.69, 9.17) is 5.26 Å². The molecule has 0 N–H and O–H groups in total. The van der Waals surface area contributed by atoms with Crippen LogP contribution in [-0.4, -0.2) is 6.26 Å². The van der Waals surface area contributed by atoms with E-state index in [1.54, 1.807) is 12.3 Å². The van der Waals surface area contributed by atoms with E-state index >= 15 is 0 Å². The quantitative estimate of drug-likeness (QED) is 0.674. The monoisotopic (exact) mass is 217 g/mol. The fraction of sp³-hybridized carbons (Fsp3) is 0.222. The van der Waals surface area contributed by atoms with Gasteiger partial charge in [-0.2, -0.15) is 18.4 Å². The summed E-state index contributed by atoms with van der Waals surface area (Å²) in [5.41, 5.74) is -0.745. The Morgan fingerprint density at radius 3 is 2.36 bits per heavy atom. The third kappa shape index (κ3) is 2.42. The summed E-state index contributed by atoms with van der Waals surface area (Å²) in [5.74, 6) is 0. The summed E-state index contributed by atoms with van der Waals surface area (Å²) in [6.07, 6.45) is -2.73. The standard InChI is InChI=1S/C9H6F3NS/c1-14-8-3-6(5-13)2-7(4-8)9(10,11)12/h2-4H,1H3. The van der Waals surface area contributed by atoms with Gasteiger partial charge in [0.05, 0.1) is 17.2 Å². The number of benzene rings is 1. The molecule has 1 aromatic rings. The third-order valence-electron chi connectivity index (χ3n) is 1.60. The fourth-order valence-electron chi connectivity index (χ4n) is 0.945. The predicted octanol–water partition coefficient (Wildman–Crippen LogP) is 3.30. The summed E-state index contributed by atoms with van der Waals surface area (Å²) >= 11 is 1.18. The molecule has 0 aliphatic carbocycles. The highest BCUT2D eigenvalue weighted by atomic mass is 32.2. The van der Waals surface area contributed by atoms with Crippen molar-refractivity contribution in [1.82, 2.24) is 0 Å². The van der Waals surface area contributed by atoms with Crippen molar-refractivity contribution in [3.05, 3.63) is 29.3 Å². The van der Waals surface area contributed by atoms with E-state index in [0.29, 0.717) is 4.90 Å². The molecule has 0 radical (unpaired) electrons. The lowest BCUT2D eigenvalue weighted by atomic mass is 10.1. The minimum Gasteiger partial charge on any atom is -0.192 e. The van der Waals surface area contributed by atoms with Crippen molar-refractivity contribution in [2.45, 2.75) is 11.1 Å². The Balaban J connectivity index is 3.26. The lowest BCUT2D eigenvalue weighted by Crippen LogP contribution is -2.05. The van der Waals surface area contributed by atoms with Gasteiger partial charge in [-0.1, -0.05) is 0 Å². The molecule has 0 aliphatic rings. The molecular weight excluding hydrogens is 211 g/mol. The van der Waals surface area contributed by atoms with Crippen molar-refractivity contribution in [1.29, 1.82) is 5.26 Å². The van der Waals surface area contributed by atoms with Crippen LogP contribution >= 0.6 is 11.8 Å². The maximum absolute atomic E-state index is 12.3. The van der Waals surface area contributed by atoms with Gasteiger partial charge in [-0.05, 0) is 24.5 Å². The van der Waals surface area contributed by atoms with E-state index in [0.717, 1.165) is 12.1 Å². The Bertz CT molecular complexity index is 379. The summed E-state index contributed by atoms with van der Waals surface area (Å²) in [7, 11) is 0. The van der Waals surface area contributed by atoms with Crippen LogP contribution in [0.5, 0.6) is 0 Å². The highest BCUT2D eigenvalue weighted by molar-refractivity contribution is 7.98. The van der Waals surface area contributed by atoms with Crippen LogP contribution in [0.4, 0.5) is 13.2 Å². The zero-order chi connectivity index (χ0) is 10.8. The second-order valence-corrected chi connectivity index (χ2v) is 3.44. The van der Waals surface area contributed by atoms with Crippen molar-refractivity contribution in [3.63, 3.8) is 0 Å². The van der Waals surface area contributed by atoms with Gasteiger partial charge in [-0.25, -0.2) is 0 Å². The molecule has 14 heavy (non-hydrogen) atoms. The van der Waals surface area contributed by atoms with Gasteiger partial charge >= 0.3 is 6.18 Å². The minimum atomic E-state index is -4.39. The summed E-state index contributed by atoms with van der Waals surface area (Å²) in [6, 6.07) is 5.01. The topological polar surface area (TPSA) is 23.8 Å². The van der Waals surface area contributed by atoms with Gasteiger partial charge in [0.25, 0.3) is 0 Å². The van der Waals surface area contributed by atoms with Crippen LogP contribution in [0.25, 0.3) is 0 Å². The second-order valence-electron chi connectivity index (χ2n) is 2.56. The first-order valence-corrected chi connectivity index (χ1v) is 4.86. The van der Waals surface area contributed by atoms with E-state index < -0.39 is 11.7 Å². The molecule has 0 heterocycles. The predicted molar refractivity (Wildman–Crippen MR) is 47.9 cm³/mol. The van der Waals surface area contributed by atoms with E-state index in [9.17, 15) is 13.2 Å². The van der Waals surface area contributed by atoms with Crippen LogP contribution in [0, 0.1) is 11.3 Å². The number of rotatable bonds is 1. The summed E-state index contributed by atoms with van der Waals surface area (Å²) < 4.78 is 36.9. The van der Waals surface area contributed by atoms with Gasteiger partial charge in [0.15, 0.2) is 0 Å². The molecule has 1 rings (SSSR count). The van der Waals surface area contributed by atoms with Crippen LogP contribution in [0.1, 0.15) is 11.1 Å². The molecule has 1 nitrogen and oxygen atoms in total. The van der Waals surface area contributed by atoms with Gasteiger partial charge in [-0.15, -0.1) is 11.8 Å². The number of nitrogens with zero attached hydrogens (tertiary/aromatic N) is 1. The van der Waals surface area contributed by atoms with Crippen LogP contribution in [0.3, 0.4) is 0 Å². The first kappa shape index (κ1) is 10.9. The molecule has 1 aromatic carbocycles. The number of hydrogen-bond donors (Lipinski definition) is 0. The zero-order valence-corrected chi connectivity index (χ0v) is 8.04. The number of nitriles is 1. The Morgan fingerprint density at radius 1 is 1.29 bits per heavy atom. The maximum atomic E-state index is 12.3. The first-order chi connectivity index (χ1) is 6.47. The number of thioether (sulfide) groups is 1. The highest BCUT2D eigenvalue weighted by Gasteiger charge is 2.31. The van der Waals surface area contributed by atoms with Crippen molar-refractivity contribution < 1.29 is 13.2 Å². The SMILES string of the molecule is CSc1cc(C#N)cc(C(F)(F)F)c1. The second kappa shape index (κ2) is 3.93. The van der Waals surface area contributed by atoms with Gasteiger partial charge < -0.3 is 0 Å². The maximum Gasteiger partial charge on any atom is 0.416 e. The molecule has 0 saturated carbocycles. The van der Waals surface area contributed by atoms with E-state index in [-0.39, 0.29) is 5.56 Å².